The lowest BCUT2D eigenvalue weighted by Gasteiger charge is -2.16. The summed E-state index contributed by atoms with van der Waals surface area (Å²) >= 11 is 0. The fourth-order valence-electron chi connectivity index (χ4n) is 3.51. The standard InChI is InChI=1S/C21H12O4/c22-12-7-5-11(6-8-12)21-19-14-3-1-2-4-15(14)20(24)16-9-13(23)10-17(25-21)18(16)19/h1-10,22-23H. The molecule has 1 aromatic heterocycles. The van der Waals surface area contributed by atoms with E-state index < -0.39 is 0 Å². The van der Waals surface area contributed by atoms with Gasteiger partial charge in [0.2, 0.25) is 0 Å². The number of aromatic hydroxyl groups is 2. The Morgan fingerprint density at radius 2 is 1.48 bits per heavy atom. The van der Waals surface area contributed by atoms with Gasteiger partial charge in [-0.3, -0.25) is 4.79 Å². The van der Waals surface area contributed by atoms with E-state index in [4.69, 9.17) is 4.42 Å². The summed E-state index contributed by atoms with van der Waals surface area (Å²) in [6.45, 7) is 0. The number of hydrogen-bond acceptors (Lipinski definition) is 4. The summed E-state index contributed by atoms with van der Waals surface area (Å²) in [5, 5.41) is 20.3. The summed E-state index contributed by atoms with van der Waals surface area (Å²) in [6.07, 6.45) is 0. The van der Waals surface area contributed by atoms with E-state index in [1.807, 2.05) is 18.2 Å². The first-order valence-corrected chi connectivity index (χ1v) is 7.86. The van der Waals surface area contributed by atoms with Crippen molar-refractivity contribution in [1.29, 1.82) is 0 Å². The van der Waals surface area contributed by atoms with Gasteiger partial charge >= 0.3 is 0 Å². The summed E-state index contributed by atoms with van der Waals surface area (Å²) in [5.74, 6) is 0.652. The third-order valence-electron chi connectivity index (χ3n) is 4.59. The Hall–Kier alpha value is -3.53. The van der Waals surface area contributed by atoms with Gasteiger partial charge in [0.05, 0.1) is 0 Å². The number of ketones is 1. The van der Waals surface area contributed by atoms with Crippen LogP contribution < -0.4 is 0 Å². The van der Waals surface area contributed by atoms with Crippen molar-refractivity contribution in [3.8, 4) is 33.9 Å². The van der Waals surface area contributed by atoms with E-state index in [1.54, 1.807) is 30.3 Å². The molecule has 1 heterocycles. The monoisotopic (exact) mass is 328 g/mol. The van der Waals surface area contributed by atoms with Gasteiger partial charge in [0, 0.05) is 33.7 Å². The van der Waals surface area contributed by atoms with Crippen LogP contribution in [0.4, 0.5) is 0 Å². The van der Waals surface area contributed by atoms with Crippen molar-refractivity contribution in [1.82, 2.24) is 0 Å². The lowest BCUT2D eigenvalue weighted by molar-refractivity contribution is 0.104. The SMILES string of the molecule is O=C1c2ccccc2-c2c(-c3ccc(O)cc3)oc3cc(O)cc1c23. The molecule has 4 nitrogen and oxygen atoms in total. The Bertz CT molecular complexity index is 1170. The molecule has 0 radical (unpaired) electrons. The summed E-state index contributed by atoms with van der Waals surface area (Å²) in [4.78, 5) is 12.9. The molecule has 5 rings (SSSR count). The highest BCUT2D eigenvalue weighted by Crippen LogP contribution is 2.48. The number of carbonyl (C=O) groups excluding carboxylic acids is 1. The molecule has 1 aliphatic rings. The third-order valence-corrected chi connectivity index (χ3v) is 4.59. The minimum atomic E-state index is -0.123. The molecule has 120 valence electrons. The molecular weight excluding hydrogens is 316 g/mol. The van der Waals surface area contributed by atoms with E-state index in [0.29, 0.717) is 27.9 Å². The number of fused-ring (bicyclic) bond motifs is 2. The number of furan rings is 1. The number of carbonyl (C=O) groups is 1. The quantitative estimate of drug-likeness (QED) is 0.467. The van der Waals surface area contributed by atoms with E-state index in [-0.39, 0.29) is 17.3 Å². The van der Waals surface area contributed by atoms with Crippen molar-refractivity contribution >= 4 is 16.8 Å². The van der Waals surface area contributed by atoms with Crippen LogP contribution in [0.15, 0.2) is 65.1 Å². The van der Waals surface area contributed by atoms with Crippen LogP contribution in [-0.2, 0) is 0 Å². The minimum absolute atomic E-state index is 0.00668. The maximum atomic E-state index is 12.9. The topological polar surface area (TPSA) is 70.7 Å². The van der Waals surface area contributed by atoms with E-state index >= 15 is 0 Å². The largest absolute Gasteiger partial charge is 0.508 e. The second-order valence-electron chi connectivity index (χ2n) is 6.09. The molecule has 0 aliphatic heterocycles. The van der Waals surface area contributed by atoms with Crippen LogP contribution in [-0.4, -0.2) is 16.0 Å². The molecule has 0 bridgehead atoms. The summed E-state index contributed by atoms with van der Waals surface area (Å²) in [5.41, 5.74) is 3.94. The van der Waals surface area contributed by atoms with Gasteiger partial charge in [-0.05, 0) is 35.9 Å². The Labute approximate surface area is 142 Å². The lowest BCUT2D eigenvalue weighted by atomic mass is 9.84. The predicted molar refractivity (Wildman–Crippen MR) is 93.8 cm³/mol. The Morgan fingerprint density at radius 1 is 0.760 bits per heavy atom. The van der Waals surface area contributed by atoms with Crippen molar-refractivity contribution in [3.63, 3.8) is 0 Å². The molecular formula is C21H12O4. The smallest absolute Gasteiger partial charge is 0.194 e. The molecule has 4 aromatic rings. The highest BCUT2D eigenvalue weighted by Gasteiger charge is 2.31. The van der Waals surface area contributed by atoms with Crippen molar-refractivity contribution in [2.45, 2.75) is 0 Å². The van der Waals surface area contributed by atoms with Crippen molar-refractivity contribution in [2.24, 2.45) is 0 Å². The van der Waals surface area contributed by atoms with E-state index in [1.165, 1.54) is 12.1 Å². The van der Waals surface area contributed by atoms with Crippen molar-refractivity contribution < 1.29 is 19.4 Å². The van der Waals surface area contributed by atoms with E-state index in [2.05, 4.69) is 0 Å². The molecule has 0 amide bonds. The number of phenols is 2. The van der Waals surface area contributed by atoms with E-state index in [0.717, 1.165) is 16.7 Å². The molecule has 0 atom stereocenters. The maximum absolute atomic E-state index is 12.9. The number of phenolic OH excluding ortho intramolecular Hbond substituents is 2. The Kier molecular flexibility index (Phi) is 2.63. The summed E-state index contributed by atoms with van der Waals surface area (Å²) in [6, 6.07) is 17.1. The molecule has 0 fully saturated rings. The number of benzene rings is 3. The molecule has 0 unspecified atom stereocenters. The zero-order chi connectivity index (χ0) is 17.1. The van der Waals surface area contributed by atoms with Gasteiger partial charge in [0.15, 0.2) is 5.78 Å². The van der Waals surface area contributed by atoms with Crippen LogP contribution in [0.5, 0.6) is 11.5 Å². The summed E-state index contributed by atoms with van der Waals surface area (Å²) < 4.78 is 6.03. The molecule has 0 saturated carbocycles. The van der Waals surface area contributed by atoms with Gasteiger partial charge in [-0.25, -0.2) is 0 Å². The molecule has 1 aliphatic carbocycles. The molecule has 3 aromatic carbocycles. The fourth-order valence-corrected chi connectivity index (χ4v) is 3.51. The highest BCUT2D eigenvalue weighted by atomic mass is 16.3. The third kappa shape index (κ3) is 1.85. The normalized spacial score (nSPS) is 12.4. The molecule has 25 heavy (non-hydrogen) atoms. The summed E-state index contributed by atoms with van der Waals surface area (Å²) in [7, 11) is 0. The average molecular weight is 328 g/mol. The van der Waals surface area contributed by atoms with Crippen LogP contribution in [0.1, 0.15) is 15.9 Å². The molecule has 0 spiro atoms. The predicted octanol–water partition coefficient (Wildman–Crippen LogP) is 4.72. The Morgan fingerprint density at radius 3 is 2.24 bits per heavy atom. The number of hydrogen-bond donors (Lipinski definition) is 2. The Balaban J connectivity index is 1.95. The first-order valence-electron chi connectivity index (χ1n) is 7.86. The second kappa shape index (κ2) is 4.74. The zero-order valence-corrected chi connectivity index (χ0v) is 13.0. The van der Waals surface area contributed by atoms with Gasteiger partial charge < -0.3 is 14.6 Å². The zero-order valence-electron chi connectivity index (χ0n) is 13.0. The van der Waals surface area contributed by atoms with Gasteiger partial charge in [-0.1, -0.05) is 24.3 Å². The van der Waals surface area contributed by atoms with Crippen LogP contribution in [0.3, 0.4) is 0 Å². The van der Waals surface area contributed by atoms with Crippen LogP contribution >= 0.6 is 0 Å². The molecule has 0 saturated heterocycles. The molecule has 4 heteroatoms. The van der Waals surface area contributed by atoms with Crippen LogP contribution in [0.25, 0.3) is 33.4 Å². The first kappa shape index (κ1) is 13.9. The van der Waals surface area contributed by atoms with Gasteiger partial charge in [-0.15, -0.1) is 0 Å². The van der Waals surface area contributed by atoms with Gasteiger partial charge in [-0.2, -0.15) is 0 Å². The van der Waals surface area contributed by atoms with Gasteiger partial charge in [0.1, 0.15) is 22.8 Å². The average Bonchev–Trinajstić information content (AvgIpc) is 2.99. The minimum Gasteiger partial charge on any atom is -0.508 e. The fraction of sp³-hybridized carbons (Fsp3) is 0. The van der Waals surface area contributed by atoms with Crippen LogP contribution in [0.2, 0.25) is 0 Å². The first-order chi connectivity index (χ1) is 12.1. The lowest BCUT2D eigenvalue weighted by Crippen LogP contribution is -2.08. The van der Waals surface area contributed by atoms with Crippen molar-refractivity contribution in [2.75, 3.05) is 0 Å². The van der Waals surface area contributed by atoms with Crippen molar-refractivity contribution in [3.05, 3.63) is 71.8 Å². The number of rotatable bonds is 1. The van der Waals surface area contributed by atoms with Gasteiger partial charge in [0.25, 0.3) is 0 Å². The van der Waals surface area contributed by atoms with E-state index in [9.17, 15) is 15.0 Å². The maximum Gasteiger partial charge on any atom is 0.194 e. The second-order valence-corrected chi connectivity index (χ2v) is 6.09. The highest BCUT2D eigenvalue weighted by molar-refractivity contribution is 6.27. The van der Waals surface area contributed by atoms with Crippen LogP contribution in [0, 0.1) is 0 Å². The molecule has 2 N–H and O–H groups in total.